The van der Waals surface area contributed by atoms with Crippen LogP contribution >= 0.6 is 0 Å². The summed E-state index contributed by atoms with van der Waals surface area (Å²) in [6.07, 6.45) is 0. The van der Waals surface area contributed by atoms with Gasteiger partial charge in [0.2, 0.25) is 0 Å². The lowest BCUT2D eigenvalue weighted by Crippen LogP contribution is -2.28. The zero-order chi connectivity index (χ0) is 15.9. The highest BCUT2D eigenvalue weighted by Gasteiger charge is 2.33. The van der Waals surface area contributed by atoms with Gasteiger partial charge in [-0.05, 0) is 36.5 Å². The van der Waals surface area contributed by atoms with E-state index in [1.165, 1.54) is 12.1 Å². The number of rotatable bonds is 3. The van der Waals surface area contributed by atoms with Gasteiger partial charge in [-0.3, -0.25) is 0 Å². The normalized spacial score (nSPS) is 12.3. The van der Waals surface area contributed by atoms with Gasteiger partial charge in [0.15, 0.2) is 0 Å². The summed E-state index contributed by atoms with van der Waals surface area (Å²) >= 11 is 0. The summed E-state index contributed by atoms with van der Waals surface area (Å²) in [5, 5.41) is 28.8. The van der Waals surface area contributed by atoms with E-state index in [0.29, 0.717) is 11.1 Å². The summed E-state index contributed by atoms with van der Waals surface area (Å²) in [7, 11) is 0. The fraction of sp³-hybridized carbons (Fsp3) is 0.467. The van der Waals surface area contributed by atoms with Crippen LogP contribution < -0.4 is 0 Å². The predicted octanol–water partition coefficient (Wildman–Crippen LogP) is 2.61. The first-order valence-electron chi connectivity index (χ1n) is 6.24. The van der Waals surface area contributed by atoms with Gasteiger partial charge >= 0.3 is 11.9 Å². The molecular weight excluding hydrogens is 260 g/mol. The molecule has 1 aromatic carbocycles. The quantitative estimate of drug-likeness (QED) is 0.791. The van der Waals surface area contributed by atoms with Crippen molar-refractivity contribution in [1.82, 2.24) is 0 Å². The zero-order valence-electron chi connectivity index (χ0n) is 12.3. The summed E-state index contributed by atoms with van der Waals surface area (Å²) < 4.78 is 0. The molecule has 0 saturated heterocycles. The van der Waals surface area contributed by atoms with Crippen LogP contribution in [-0.4, -0.2) is 27.3 Å². The number of hydrogen-bond acceptors (Lipinski definition) is 3. The number of aromatic carboxylic acids is 2. The Kier molecular flexibility index (Phi) is 3.97. The number of hydrogen-bond donors (Lipinski definition) is 3. The van der Waals surface area contributed by atoms with E-state index in [9.17, 15) is 24.9 Å². The van der Waals surface area contributed by atoms with Gasteiger partial charge in [-0.1, -0.05) is 26.8 Å². The highest BCUT2D eigenvalue weighted by Crippen LogP contribution is 2.36. The Balaban J connectivity index is 3.91. The van der Waals surface area contributed by atoms with Crippen molar-refractivity contribution in [3.8, 4) is 0 Å². The van der Waals surface area contributed by atoms with Gasteiger partial charge in [0.25, 0.3) is 0 Å². The predicted molar refractivity (Wildman–Crippen MR) is 74.3 cm³/mol. The first kappa shape index (κ1) is 16.2. The van der Waals surface area contributed by atoms with Crippen molar-refractivity contribution in [2.45, 2.75) is 45.6 Å². The van der Waals surface area contributed by atoms with E-state index in [4.69, 9.17) is 0 Å². The van der Waals surface area contributed by atoms with Gasteiger partial charge < -0.3 is 15.3 Å². The minimum absolute atomic E-state index is 0.260. The molecule has 3 N–H and O–H groups in total. The van der Waals surface area contributed by atoms with Crippen LogP contribution in [0, 0.1) is 0 Å². The van der Waals surface area contributed by atoms with Gasteiger partial charge in [-0.2, -0.15) is 0 Å². The Morgan fingerprint density at radius 3 is 1.75 bits per heavy atom. The summed E-state index contributed by atoms with van der Waals surface area (Å²) in [4.78, 5) is 22.8. The fourth-order valence-electron chi connectivity index (χ4n) is 2.29. The van der Waals surface area contributed by atoms with Gasteiger partial charge in [-0.25, -0.2) is 9.59 Å². The lowest BCUT2D eigenvalue weighted by molar-refractivity contribution is 0.0640. The van der Waals surface area contributed by atoms with Gasteiger partial charge in [0.05, 0.1) is 16.7 Å². The highest BCUT2D eigenvalue weighted by molar-refractivity contribution is 6.03. The fourth-order valence-corrected chi connectivity index (χ4v) is 2.29. The molecule has 0 fully saturated rings. The van der Waals surface area contributed by atoms with Crippen LogP contribution in [0.25, 0.3) is 0 Å². The molecule has 1 rings (SSSR count). The van der Waals surface area contributed by atoms with E-state index in [1.54, 1.807) is 34.6 Å². The third-order valence-corrected chi connectivity index (χ3v) is 3.06. The summed E-state index contributed by atoms with van der Waals surface area (Å²) in [6.45, 7) is 8.45. The smallest absolute Gasteiger partial charge is 0.336 e. The summed E-state index contributed by atoms with van der Waals surface area (Å²) in [5.74, 6) is -2.60. The van der Waals surface area contributed by atoms with Crippen LogP contribution in [0.2, 0.25) is 0 Å². The second-order valence-electron chi connectivity index (χ2n) is 6.33. The third-order valence-electron chi connectivity index (χ3n) is 3.06. The number of benzene rings is 1. The van der Waals surface area contributed by atoms with Crippen LogP contribution in [0.5, 0.6) is 0 Å². The van der Waals surface area contributed by atoms with Crippen molar-refractivity contribution in [2.75, 3.05) is 0 Å². The van der Waals surface area contributed by atoms with Gasteiger partial charge in [-0.15, -0.1) is 0 Å². The maximum atomic E-state index is 11.5. The largest absolute Gasteiger partial charge is 0.478 e. The molecule has 0 aliphatic heterocycles. The Hall–Kier alpha value is -1.88. The minimum atomic E-state index is -1.31. The maximum Gasteiger partial charge on any atom is 0.336 e. The lowest BCUT2D eigenvalue weighted by Gasteiger charge is -2.31. The Morgan fingerprint density at radius 2 is 1.45 bits per heavy atom. The Bertz CT molecular complexity index is 559. The van der Waals surface area contributed by atoms with E-state index in [0.717, 1.165) is 0 Å². The molecule has 110 valence electrons. The molecular formula is C15H20O5. The molecule has 0 radical (unpaired) electrons. The first-order chi connectivity index (χ1) is 8.87. The van der Waals surface area contributed by atoms with Gasteiger partial charge in [0.1, 0.15) is 0 Å². The van der Waals surface area contributed by atoms with E-state index in [1.807, 2.05) is 0 Å². The summed E-state index contributed by atoms with van der Waals surface area (Å²) in [5.41, 5.74) is -1.64. The molecule has 0 heterocycles. The van der Waals surface area contributed by atoms with E-state index in [2.05, 4.69) is 0 Å². The Labute approximate surface area is 117 Å². The molecule has 0 unspecified atom stereocenters. The molecule has 1 aromatic rings. The van der Waals surface area contributed by atoms with E-state index < -0.39 is 23.0 Å². The molecule has 0 aliphatic carbocycles. The van der Waals surface area contributed by atoms with E-state index >= 15 is 0 Å². The van der Waals surface area contributed by atoms with Gasteiger partial charge in [0, 0.05) is 0 Å². The zero-order valence-corrected chi connectivity index (χ0v) is 12.3. The van der Waals surface area contributed by atoms with Crippen LogP contribution in [0.15, 0.2) is 12.1 Å². The molecule has 5 heteroatoms. The monoisotopic (exact) mass is 280 g/mol. The van der Waals surface area contributed by atoms with Crippen molar-refractivity contribution in [1.29, 1.82) is 0 Å². The van der Waals surface area contributed by atoms with E-state index in [-0.39, 0.29) is 11.1 Å². The first-order valence-corrected chi connectivity index (χ1v) is 6.24. The molecule has 0 atom stereocenters. The standard InChI is InChI=1S/C15H20O5/c1-14(2,3)11-9(15(4,5)20)7-6-8(12(16)17)10(11)13(18)19/h6-7,20H,1-5H3,(H,16,17)(H,18,19). The molecule has 0 bridgehead atoms. The molecule has 20 heavy (non-hydrogen) atoms. The molecule has 0 aliphatic rings. The molecule has 0 saturated carbocycles. The molecule has 0 aromatic heterocycles. The highest BCUT2D eigenvalue weighted by atomic mass is 16.4. The van der Waals surface area contributed by atoms with Crippen LogP contribution in [-0.2, 0) is 11.0 Å². The second kappa shape index (κ2) is 4.90. The van der Waals surface area contributed by atoms with Crippen molar-refractivity contribution in [3.05, 3.63) is 34.4 Å². The van der Waals surface area contributed by atoms with Crippen LogP contribution in [0.4, 0.5) is 0 Å². The second-order valence-corrected chi connectivity index (χ2v) is 6.33. The molecule has 5 nitrogen and oxygen atoms in total. The number of carboxylic acid groups (broad SMARTS) is 2. The van der Waals surface area contributed by atoms with Crippen molar-refractivity contribution in [2.24, 2.45) is 0 Å². The number of carbonyl (C=O) groups is 2. The van der Waals surface area contributed by atoms with Crippen molar-refractivity contribution < 1.29 is 24.9 Å². The van der Waals surface area contributed by atoms with Crippen LogP contribution in [0.1, 0.15) is 66.5 Å². The summed E-state index contributed by atoms with van der Waals surface area (Å²) in [6, 6.07) is 2.71. The maximum absolute atomic E-state index is 11.5. The molecule has 0 amide bonds. The van der Waals surface area contributed by atoms with Crippen molar-refractivity contribution >= 4 is 11.9 Å². The number of carboxylic acids is 2. The Morgan fingerprint density at radius 1 is 0.950 bits per heavy atom. The lowest BCUT2D eigenvalue weighted by atomic mass is 9.75. The molecule has 0 spiro atoms. The average molecular weight is 280 g/mol. The number of aliphatic hydroxyl groups is 1. The SMILES string of the molecule is CC(C)(C)c1c(C(C)(C)O)ccc(C(=O)O)c1C(=O)O. The topological polar surface area (TPSA) is 94.8 Å². The van der Waals surface area contributed by atoms with Crippen LogP contribution in [0.3, 0.4) is 0 Å². The third kappa shape index (κ3) is 2.99. The average Bonchev–Trinajstić information content (AvgIpc) is 2.24. The minimum Gasteiger partial charge on any atom is -0.478 e. The van der Waals surface area contributed by atoms with Crippen molar-refractivity contribution in [3.63, 3.8) is 0 Å².